The number of fused-ring (bicyclic) bond motifs is 18. The zero-order chi connectivity index (χ0) is 95.1. The van der Waals surface area contributed by atoms with Crippen LogP contribution in [0.5, 0.6) is 0 Å². The van der Waals surface area contributed by atoms with E-state index in [2.05, 4.69) is 493 Å². The molecule has 9 heteroatoms. The standard InChI is InChI=1S/2C47H30N2O.C41H26N2O/c1-3-12-31(13-4-1)32-14-11-15-34(26-32)42-27-36(28-43(48-42)35-23-25-41-40-19-8-10-21-46(40)50-47(41)30-35)33-22-24-39-38-18-7-9-20-44(38)49(45(39)29-33)37-16-5-2-6-17-37;1-3-12-31(13-4-1)32-22-24-33(25-23-32)41-28-35(29-42(48-41)34-26-27-39-38-16-8-10-21-45(38)50-46(39)30-34)37-18-11-20-44-47(37)40-17-7-9-19-43(40)49(44)36-14-5-2-6-15-36;1-3-11-27(12-4-1)36-25-30(26-37(42-36)29-20-22-41-35(24-29)33-16-8-10-18-40(33)44-41)28-19-21-39-34(23-28)32-15-7-9-17-38(32)43(39)31-13-5-2-6-14-31/h2*1-30H;1-26H. The Bertz CT molecular complexity index is 10000. The number of aromatic nitrogens is 6. The largest absolute Gasteiger partial charge is 0.456 e. The Labute approximate surface area is 829 Å². The van der Waals surface area contributed by atoms with Gasteiger partial charge in [0.25, 0.3) is 0 Å². The van der Waals surface area contributed by atoms with Gasteiger partial charge >= 0.3 is 0 Å². The zero-order valence-corrected chi connectivity index (χ0v) is 78.1. The number of nitrogens with zero attached hydrogens (tertiary/aromatic N) is 6. The molecule has 0 radical (unpaired) electrons. The third-order valence-electron chi connectivity index (χ3n) is 28.2. The molecule has 9 aromatic heterocycles. The van der Waals surface area contributed by atoms with E-state index in [9.17, 15) is 0 Å². The van der Waals surface area contributed by atoms with Crippen LogP contribution in [0.25, 0.3) is 271 Å². The third kappa shape index (κ3) is 15.2. The van der Waals surface area contributed by atoms with Crippen LogP contribution in [0.2, 0.25) is 0 Å². The van der Waals surface area contributed by atoms with Gasteiger partial charge in [0, 0.05) is 115 Å². The Kier molecular flexibility index (Phi) is 20.7. The Morgan fingerprint density at radius 3 is 0.958 bits per heavy atom. The lowest BCUT2D eigenvalue weighted by molar-refractivity contribution is 0.668. The average Bonchev–Trinajstić information content (AvgIpc) is 1.58. The molecule has 0 saturated carbocycles. The van der Waals surface area contributed by atoms with Crippen LogP contribution in [0, 0.1) is 0 Å². The number of pyridine rings is 3. The highest BCUT2D eigenvalue weighted by Gasteiger charge is 2.24. The minimum Gasteiger partial charge on any atom is -0.456 e. The molecule has 0 aliphatic carbocycles. The minimum absolute atomic E-state index is 0.859. The first-order valence-corrected chi connectivity index (χ1v) is 48.8. The fourth-order valence-corrected chi connectivity index (χ4v) is 21.3. The Morgan fingerprint density at radius 2 is 0.417 bits per heavy atom. The predicted molar refractivity (Wildman–Crippen MR) is 597 cm³/mol. The molecular weight excluding hydrogens is 1750 g/mol. The van der Waals surface area contributed by atoms with Crippen molar-refractivity contribution in [2.24, 2.45) is 0 Å². The van der Waals surface area contributed by atoms with Gasteiger partial charge in [0.2, 0.25) is 0 Å². The number of benzene rings is 20. The van der Waals surface area contributed by atoms with E-state index in [1.165, 1.54) is 87.7 Å². The summed E-state index contributed by atoms with van der Waals surface area (Å²) in [5, 5.41) is 14.1. The fraction of sp³-hybridized carbons (Fsp3) is 0. The number of hydrogen-bond donors (Lipinski definition) is 0. The number of hydrogen-bond acceptors (Lipinski definition) is 6. The monoisotopic (exact) mass is 1840 g/mol. The van der Waals surface area contributed by atoms with Gasteiger partial charge in [-0.05, 0) is 238 Å². The van der Waals surface area contributed by atoms with E-state index in [-0.39, 0.29) is 0 Å². The van der Waals surface area contributed by atoms with Gasteiger partial charge in [0.05, 0.1) is 67.3 Å². The van der Waals surface area contributed by atoms with E-state index in [0.29, 0.717) is 0 Å². The minimum atomic E-state index is 0.859. The van der Waals surface area contributed by atoms with Gasteiger partial charge in [-0.15, -0.1) is 0 Å². The van der Waals surface area contributed by atoms with Crippen LogP contribution in [0.3, 0.4) is 0 Å². The number of rotatable bonds is 14. The van der Waals surface area contributed by atoms with E-state index in [1.54, 1.807) is 0 Å². The molecule has 0 aliphatic heterocycles. The maximum atomic E-state index is 6.32. The molecule has 144 heavy (non-hydrogen) atoms. The van der Waals surface area contributed by atoms with Crippen LogP contribution in [0.4, 0.5) is 0 Å². The topological polar surface area (TPSA) is 92.9 Å². The molecule has 0 aliphatic rings. The van der Waals surface area contributed by atoms with Crippen LogP contribution >= 0.6 is 0 Å². The van der Waals surface area contributed by atoms with Crippen molar-refractivity contribution in [2.45, 2.75) is 0 Å². The molecule has 29 aromatic rings. The summed E-state index contributed by atoms with van der Waals surface area (Å²) in [5.41, 5.74) is 39.2. The molecule has 0 saturated heterocycles. The Morgan fingerprint density at radius 1 is 0.132 bits per heavy atom. The van der Waals surface area contributed by atoms with Gasteiger partial charge in [-0.2, -0.15) is 0 Å². The van der Waals surface area contributed by atoms with Gasteiger partial charge in [0.15, 0.2) is 0 Å². The smallest absolute Gasteiger partial charge is 0.136 e. The van der Waals surface area contributed by atoms with Gasteiger partial charge in [-0.1, -0.05) is 340 Å². The van der Waals surface area contributed by atoms with Crippen molar-refractivity contribution in [3.05, 3.63) is 522 Å². The summed E-state index contributed by atoms with van der Waals surface area (Å²) in [7, 11) is 0. The second kappa shape index (κ2) is 35.6. The summed E-state index contributed by atoms with van der Waals surface area (Å²) >= 11 is 0. The quantitative estimate of drug-likeness (QED) is 0.108. The summed E-state index contributed by atoms with van der Waals surface area (Å²) in [6, 6.07) is 184. The molecule has 0 fully saturated rings. The summed E-state index contributed by atoms with van der Waals surface area (Å²) in [6.07, 6.45) is 0. The van der Waals surface area contributed by atoms with Gasteiger partial charge < -0.3 is 27.0 Å². The third-order valence-corrected chi connectivity index (χ3v) is 28.2. The van der Waals surface area contributed by atoms with Crippen LogP contribution < -0.4 is 0 Å². The van der Waals surface area contributed by atoms with Crippen molar-refractivity contribution in [1.82, 2.24) is 28.7 Å². The average molecular weight is 1840 g/mol. The fourth-order valence-electron chi connectivity index (χ4n) is 21.3. The summed E-state index contributed by atoms with van der Waals surface area (Å²) in [6.45, 7) is 0. The lowest BCUT2D eigenvalue weighted by atomic mass is 9.95. The molecule has 0 N–H and O–H groups in total. The van der Waals surface area contributed by atoms with E-state index in [1.807, 2.05) is 42.5 Å². The lowest BCUT2D eigenvalue weighted by Gasteiger charge is -2.13. The molecule has 0 spiro atoms. The maximum Gasteiger partial charge on any atom is 0.136 e. The second-order valence-corrected chi connectivity index (χ2v) is 36.8. The highest BCUT2D eigenvalue weighted by atomic mass is 16.3. The summed E-state index contributed by atoms with van der Waals surface area (Å²) in [5.74, 6) is 0. The second-order valence-electron chi connectivity index (χ2n) is 36.8. The molecule has 0 bridgehead atoms. The van der Waals surface area contributed by atoms with E-state index in [4.69, 9.17) is 28.2 Å². The number of furan rings is 3. The molecule has 0 atom stereocenters. The van der Waals surface area contributed by atoms with Gasteiger partial charge in [-0.25, -0.2) is 15.0 Å². The molecule has 9 nitrogen and oxygen atoms in total. The molecule has 0 amide bonds. The summed E-state index contributed by atoms with van der Waals surface area (Å²) in [4.78, 5) is 15.8. The molecule has 29 rings (SSSR count). The first-order chi connectivity index (χ1) is 71.3. The van der Waals surface area contributed by atoms with Crippen molar-refractivity contribution in [3.63, 3.8) is 0 Å². The van der Waals surface area contributed by atoms with Crippen molar-refractivity contribution < 1.29 is 13.3 Å². The van der Waals surface area contributed by atoms with E-state index in [0.717, 1.165) is 184 Å². The number of para-hydroxylation sites is 9. The summed E-state index contributed by atoms with van der Waals surface area (Å²) < 4.78 is 25.8. The molecule has 20 aromatic carbocycles. The van der Waals surface area contributed by atoms with Crippen molar-refractivity contribution >= 4 is 131 Å². The van der Waals surface area contributed by atoms with Crippen LogP contribution in [0.15, 0.2) is 535 Å². The van der Waals surface area contributed by atoms with Gasteiger partial charge in [-0.3, -0.25) is 0 Å². The lowest BCUT2D eigenvalue weighted by Crippen LogP contribution is -1.94. The van der Waals surface area contributed by atoms with Crippen molar-refractivity contribution in [2.75, 3.05) is 0 Å². The molecule has 674 valence electrons. The molecule has 9 heterocycles. The zero-order valence-electron chi connectivity index (χ0n) is 78.1. The van der Waals surface area contributed by atoms with Gasteiger partial charge in [0.1, 0.15) is 33.5 Å². The van der Waals surface area contributed by atoms with Crippen LogP contribution in [-0.4, -0.2) is 28.7 Å². The van der Waals surface area contributed by atoms with Crippen molar-refractivity contribution in [3.8, 4) is 140 Å². The predicted octanol–water partition coefficient (Wildman–Crippen LogP) is 36.6. The molecular formula is C135H86N6O3. The van der Waals surface area contributed by atoms with Crippen LogP contribution in [0.1, 0.15) is 0 Å². The molecule has 0 unspecified atom stereocenters. The van der Waals surface area contributed by atoms with E-state index < -0.39 is 0 Å². The SMILES string of the molecule is c1ccc(-c2cc(-c3ccc4c(c3)c3ccccc3n4-c3ccccc3)cc(-c3ccc4oc5ccccc5c4c3)n2)cc1.c1ccc(-c2ccc(-c3cc(-c4cccc5c4c4ccccc4n5-c4ccccc4)cc(-c4ccc5c(c4)oc4ccccc45)n3)cc2)cc1.c1ccc(-c2cccc(-c3cc(-c4ccc5c6ccccc6n(-c6ccccc6)c5c4)cc(-c4ccc5c(c4)oc4ccccc45)n3)c2)cc1. The van der Waals surface area contributed by atoms with E-state index >= 15 is 0 Å². The highest BCUT2D eigenvalue weighted by molar-refractivity contribution is 6.18. The first kappa shape index (κ1) is 84.0. The Hall–Kier alpha value is -19.4. The Balaban J connectivity index is 0.000000108. The van der Waals surface area contributed by atoms with Crippen LogP contribution in [-0.2, 0) is 0 Å². The maximum absolute atomic E-state index is 6.32. The first-order valence-electron chi connectivity index (χ1n) is 48.8. The van der Waals surface area contributed by atoms with Crippen molar-refractivity contribution in [1.29, 1.82) is 0 Å². The highest BCUT2D eigenvalue weighted by Crippen LogP contribution is 2.47. The normalized spacial score (nSPS) is 11.6.